The number of aliphatic carboxylic acids is 1. The van der Waals surface area contributed by atoms with Crippen molar-refractivity contribution >= 4 is 58.1 Å². The van der Waals surface area contributed by atoms with Crippen LogP contribution >= 0.6 is 34.8 Å². The van der Waals surface area contributed by atoms with E-state index in [9.17, 15) is 9.59 Å². The molecule has 0 radical (unpaired) electrons. The zero-order valence-electron chi connectivity index (χ0n) is 13.6. The van der Waals surface area contributed by atoms with Crippen LogP contribution in [0.4, 0.5) is 11.4 Å². The van der Waals surface area contributed by atoms with Crippen LogP contribution in [0.2, 0.25) is 15.1 Å². The zero-order chi connectivity index (χ0) is 19.3. The highest BCUT2D eigenvalue weighted by Gasteiger charge is 2.13. The van der Waals surface area contributed by atoms with Gasteiger partial charge in [0.2, 0.25) is 5.91 Å². The van der Waals surface area contributed by atoms with Crippen LogP contribution in [0.15, 0.2) is 30.3 Å². The molecule has 0 aliphatic heterocycles. The van der Waals surface area contributed by atoms with Gasteiger partial charge in [-0.1, -0.05) is 34.8 Å². The number of halogens is 3. The minimum absolute atomic E-state index is 0.180. The van der Waals surface area contributed by atoms with Crippen molar-refractivity contribution in [3.63, 3.8) is 0 Å². The highest BCUT2D eigenvalue weighted by atomic mass is 35.5. The third-order valence-corrected chi connectivity index (χ3v) is 4.00. The highest BCUT2D eigenvalue weighted by molar-refractivity contribution is 6.37. The first kappa shape index (κ1) is 20.2. The summed E-state index contributed by atoms with van der Waals surface area (Å²) in [6.45, 7) is 0.180. The van der Waals surface area contributed by atoms with Crippen LogP contribution in [0.3, 0.4) is 0 Å². The molecule has 0 saturated carbocycles. The van der Waals surface area contributed by atoms with E-state index in [0.29, 0.717) is 5.02 Å². The van der Waals surface area contributed by atoms with Crippen molar-refractivity contribution < 1.29 is 19.4 Å². The molecule has 0 aromatic heterocycles. The minimum atomic E-state index is -1.23. The highest BCUT2D eigenvalue weighted by Crippen LogP contribution is 2.36. The molecule has 0 fully saturated rings. The monoisotopic (exact) mass is 416 g/mol. The van der Waals surface area contributed by atoms with Gasteiger partial charge in [-0.15, -0.1) is 0 Å². The number of carboxylic acid groups (broad SMARTS) is 1. The standard InChI is InChI=1S/C17H15Cl3N2O4/c1-21-11-3-9(2-10(18)4-11)8-26-17-13(19)5-12(6-14(17)20)22-15(23)7-16(24)25/h2-6,21H,7-8H2,1H3,(H,22,23)(H,24,25). The van der Waals surface area contributed by atoms with Crippen molar-refractivity contribution in [2.45, 2.75) is 13.0 Å². The summed E-state index contributed by atoms with van der Waals surface area (Å²) < 4.78 is 5.68. The SMILES string of the molecule is CNc1cc(Cl)cc(COc2c(Cl)cc(NC(=O)CC(=O)O)cc2Cl)c1. The summed E-state index contributed by atoms with van der Waals surface area (Å²) >= 11 is 18.4. The Morgan fingerprint density at radius 1 is 1.04 bits per heavy atom. The number of carbonyl (C=O) groups excluding carboxylic acids is 1. The summed E-state index contributed by atoms with van der Waals surface area (Å²) in [5.74, 6) is -1.67. The number of hydrogen-bond donors (Lipinski definition) is 3. The van der Waals surface area contributed by atoms with E-state index >= 15 is 0 Å². The van der Waals surface area contributed by atoms with Crippen LogP contribution in [0.1, 0.15) is 12.0 Å². The molecule has 0 saturated heterocycles. The van der Waals surface area contributed by atoms with E-state index in [1.807, 2.05) is 6.07 Å². The Morgan fingerprint density at radius 2 is 1.69 bits per heavy atom. The van der Waals surface area contributed by atoms with Gasteiger partial charge in [0.1, 0.15) is 13.0 Å². The Morgan fingerprint density at radius 3 is 2.27 bits per heavy atom. The van der Waals surface area contributed by atoms with Gasteiger partial charge in [0.15, 0.2) is 5.75 Å². The van der Waals surface area contributed by atoms with Gasteiger partial charge in [-0.3, -0.25) is 9.59 Å². The second kappa shape index (κ2) is 8.98. The van der Waals surface area contributed by atoms with Crippen molar-refractivity contribution in [1.82, 2.24) is 0 Å². The molecule has 0 aliphatic carbocycles. The van der Waals surface area contributed by atoms with Gasteiger partial charge >= 0.3 is 5.97 Å². The first-order valence-electron chi connectivity index (χ1n) is 7.39. The molecule has 26 heavy (non-hydrogen) atoms. The number of rotatable bonds is 7. The van der Waals surface area contributed by atoms with Crippen molar-refractivity contribution in [2.75, 3.05) is 17.7 Å². The van der Waals surface area contributed by atoms with Gasteiger partial charge < -0.3 is 20.5 Å². The second-order valence-electron chi connectivity index (χ2n) is 5.27. The first-order valence-corrected chi connectivity index (χ1v) is 8.52. The first-order chi connectivity index (χ1) is 12.3. The lowest BCUT2D eigenvalue weighted by molar-refractivity contribution is -0.139. The Bertz CT molecular complexity index is 820. The molecule has 2 aromatic carbocycles. The van der Waals surface area contributed by atoms with Crippen LogP contribution < -0.4 is 15.4 Å². The van der Waals surface area contributed by atoms with Crippen LogP contribution in [-0.2, 0) is 16.2 Å². The number of anilines is 2. The average Bonchev–Trinajstić information content (AvgIpc) is 2.52. The molecule has 6 nitrogen and oxygen atoms in total. The van der Waals surface area contributed by atoms with Crippen molar-refractivity contribution in [3.8, 4) is 5.75 Å². The second-order valence-corrected chi connectivity index (χ2v) is 6.53. The summed E-state index contributed by atoms with van der Waals surface area (Å²) in [7, 11) is 1.78. The van der Waals surface area contributed by atoms with Crippen molar-refractivity contribution in [2.24, 2.45) is 0 Å². The maximum Gasteiger partial charge on any atom is 0.312 e. The third-order valence-electron chi connectivity index (χ3n) is 3.22. The molecule has 0 spiro atoms. The van der Waals surface area contributed by atoms with E-state index in [4.69, 9.17) is 44.6 Å². The van der Waals surface area contributed by atoms with E-state index < -0.39 is 18.3 Å². The Balaban J connectivity index is 2.12. The maximum absolute atomic E-state index is 11.5. The van der Waals surface area contributed by atoms with Crippen LogP contribution in [0, 0.1) is 0 Å². The van der Waals surface area contributed by atoms with Gasteiger partial charge in [-0.05, 0) is 35.9 Å². The van der Waals surface area contributed by atoms with Gasteiger partial charge in [0.05, 0.1) is 10.0 Å². The van der Waals surface area contributed by atoms with Gasteiger partial charge in [0, 0.05) is 23.4 Å². The van der Waals surface area contributed by atoms with Crippen LogP contribution in [0.5, 0.6) is 5.75 Å². The Kier molecular flexibility index (Phi) is 6.97. The van der Waals surface area contributed by atoms with Crippen molar-refractivity contribution in [1.29, 1.82) is 0 Å². The fourth-order valence-corrected chi connectivity index (χ4v) is 3.00. The van der Waals surface area contributed by atoms with Gasteiger partial charge in [-0.2, -0.15) is 0 Å². The molecular formula is C17H15Cl3N2O4. The molecular weight excluding hydrogens is 403 g/mol. The van der Waals surface area contributed by atoms with Crippen LogP contribution in [0.25, 0.3) is 0 Å². The summed E-state index contributed by atoms with van der Waals surface area (Å²) in [4.78, 5) is 22.0. The lowest BCUT2D eigenvalue weighted by Crippen LogP contribution is -2.15. The lowest BCUT2D eigenvalue weighted by atomic mass is 10.2. The predicted octanol–water partition coefficient (Wildman–Crippen LogP) is 4.68. The predicted molar refractivity (Wildman–Crippen MR) is 103 cm³/mol. The number of benzene rings is 2. The molecule has 0 bridgehead atoms. The van der Waals surface area contributed by atoms with E-state index in [-0.39, 0.29) is 28.1 Å². The molecule has 3 N–H and O–H groups in total. The molecule has 0 aliphatic rings. The maximum atomic E-state index is 11.5. The minimum Gasteiger partial charge on any atom is -0.486 e. The van der Waals surface area contributed by atoms with Crippen LogP contribution in [-0.4, -0.2) is 24.0 Å². The van der Waals surface area contributed by atoms with E-state index in [0.717, 1.165) is 11.3 Å². The summed E-state index contributed by atoms with van der Waals surface area (Å²) in [6.07, 6.45) is -0.657. The largest absolute Gasteiger partial charge is 0.486 e. The fraction of sp³-hybridized carbons (Fsp3) is 0.176. The molecule has 0 unspecified atom stereocenters. The van der Waals surface area contributed by atoms with Gasteiger partial charge in [0.25, 0.3) is 0 Å². The van der Waals surface area contributed by atoms with Gasteiger partial charge in [-0.25, -0.2) is 0 Å². The molecule has 138 valence electrons. The average molecular weight is 418 g/mol. The number of hydrogen-bond acceptors (Lipinski definition) is 4. The normalized spacial score (nSPS) is 10.3. The lowest BCUT2D eigenvalue weighted by Gasteiger charge is -2.13. The molecule has 2 rings (SSSR count). The summed E-state index contributed by atoms with van der Waals surface area (Å²) in [5.41, 5.74) is 1.93. The molecule has 2 aromatic rings. The quantitative estimate of drug-likeness (QED) is 0.569. The molecule has 0 heterocycles. The van der Waals surface area contributed by atoms with E-state index in [2.05, 4.69) is 10.6 Å². The smallest absolute Gasteiger partial charge is 0.312 e. The number of carbonyl (C=O) groups is 2. The fourth-order valence-electron chi connectivity index (χ4n) is 2.15. The number of amides is 1. The Labute approximate surface area is 165 Å². The summed E-state index contributed by atoms with van der Waals surface area (Å²) in [5, 5.41) is 14.9. The molecule has 0 atom stereocenters. The summed E-state index contributed by atoms with van der Waals surface area (Å²) in [6, 6.07) is 8.26. The molecule has 1 amide bonds. The zero-order valence-corrected chi connectivity index (χ0v) is 15.9. The molecule has 9 heteroatoms. The third kappa shape index (κ3) is 5.69. The topological polar surface area (TPSA) is 87.7 Å². The Hall–Kier alpha value is -2.15. The van der Waals surface area contributed by atoms with E-state index in [1.165, 1.54) is 12.1 Å². The number of carboxylic acids is 1. The van der Waals surface area contributed by atoms with Crippen molar-refractivity contribution in [3.05, 3.63) is 51.0 Å². The van der Waals surface area contributed by atoms with E-state index in [1.54, 1.807) is 19.2 Å². The number of nitrogens with one attached hydrogen (secondary N) is 2. The number of ether oxygens (including phenoxy) is 1.